The maximum atomic E-state index is 14.1. The second-order valence-corrected chi connectivity index (χ2v) is 12.3. The Labute approximate surface area is 226 Å². The fourth-order valence-electron chi connectivity index (χ4n) is 5.67. The van der Waals surface area contributed by atoms with E-state index in [1.54, 1.807) is 13.1 Å². The average Bonchev–Trinajstić information content (AvgIpc) is 3.53. The van der Waals surface area contributed by atoms with Gasteiger partial charge in [0, 0.05) is 31.5 Å². The Hall–Kier alpha value is -2.64. The Balaban J connectivity index is 1.35. The lowest BCUT2D eigenvalue weighted by Gasteiger charge is -2.34. The smallest absolute Gasteiger partial charge is 0.250 e. The number of aliphatic hydroxyl groups excluding tert-OH is 2. The number of anilines is 2. The fourth-order valence-corrected chi connectivity index (χ4v) is 6.74. The first kappa shape index (κ1) is 26.6. The lowest BCUT2D eigenvalue weighted by molar-refractivity contribution is -0.106. The van der Waals surface area contributed by atoms with E-state index in [9.17, 15) is 27.8 Å². The molecule has 3 fully saturated rings. The highest BCUT2D eigenvalue weighted by molar-refractivity contribution is 7.21. The number of pyridine rings is 1. The van der Waals surface area contributed by atoms with Crippen LogP contribution >= 0.6 is 11.3 Å². The summed E-state index contributed by atoms with van der Waals surface area (Å²) in [4.78, 5) is 18.5. The van der Waals surface area contributed by atoms with Gasteiger partial charge in [0.05, 0.1) is 39.7 Å². The molecule has 39 heavy (non-hydrogen) atoms. The zero-order valence-corrected chi connectivity index (χ0v) is 22.3. The van der Waals surface area contributed by atoms with Crippen molar-refractivity contribution in [2.75, 3.05) is 17.2 Å². The van der Waals surface area contributed by atoms with Gasteiger partial charge in [0.2, 0.25) is 11.9 Å². The van der Waals surface area contributed by atoms with Crippen molar-refractivity contribution >= 4 is 33.3 Å². The van der Waals surface area contributed by atoms with Gasteiger partial charge in [-0.25, -0.2) is 27.5 Å². The van der Waals surface area contributed by atoms with E-state index < -0.39 is 36.0 Å². The lowest BCUT2D eigenvalue weighted by atomic mass is 9.81. The average molecular weight is 567 g/mol. The van der Waals surface area contributed by atoms with Crippen LogP contribution in [0.15, 0.2) is 12.3 Å². The minimum absolute atomic E-state index is 0.177. The van der Waals surface area contributed by atoms with Crippen LogP contribution in [0, 0.1) is 18.8 Å². The summed E-state index contributed by atoms with van der Waals surface area (Å²) in [6.07, 6.45) is 0.245. The topological polar surface area (TPSA) is 116 Å². The molecule has 3 aliphatic carbocycles. The van der Waals surface area contributed by atoms with Crippen LogP contribution in [0.5, 0.6) is 0 Å². The first-order valence-electron chi connectivity index (χ1n) is 13.2. The van der Waals surface area contributed by atoms with E-state index in [0.717, 1.165) is 35.7 Å². The van der Waals surface area contributed by atoms with Gasteiger partial charge in [-0.15, -0.1) is 11.3 Å². The highest BCUT2D eigenvalue weighted by atomic mass is 32.1. The number of hydrogen-bond donors (Lipinski definition) is 4. The SMILES string of the molecule is Cc1nc(NCC2CC(F)(F)C2)nc(N[C@@H]2C[C@H](C(C)(F)F)[C@@H](O)[C@H]2O)c1-c1nc2c(C3CC3)nccc2s1. The molecular formula is C26H30F4N6O2S. The van der Waals surface area contributed by atoms with Crippen molar-refractivity contribution in [1.29, 1.82) is 0 Å². The molecule has 0 aromatic carbocycles. The van der Waals surface area contributed by atoms with Crippen LogP contribution < -0.4 is 10.6 Å². The monoisotopic (exact) mass is 566 g/mol. The number of aliphatic hydroxyl groups is 2. The minimum atomic E-state index is -3.18. The predicted molar refractivity (Wildman–Crippen MR) is 139 cm³/mol. The molecule has 0 amide bonds. The van der Waals surface area contributed by atoms with Crippen LogP contribution in [0.1, 0.15) is 56.3 Å². The standard InChI is InChI=1S/C26H30F4N6O2S/c1-11-17(23-35-19-16(39-23)5-6-31-18(19)13-3-4-13)22(34-15-7-14(25(2,27)28)20(37)21(15)38)36-24(33-11)32-10-12-8-26(29,30)9-12/h5-6,12-15,20-21,37-38H,3-4,7-10H2,1-2H3,(H2,32,33,34,36)/t14-,15+,20+,21-/m0/s1. The van der Waals surface area contributed by atoms with Crippen molar-refractivity contribution in [3.63, 3.8) is 0 Å². The van der Waals surface area contributed by atoms with Gasteiger partial charge in [-0.05, 0) is 45.1 Å². The Morgan fingerprint density at radius 2 is 1.87 bits per heavy atom. The molecule has 0 saturated heterocycles. The van der Waals surface area contributed by atoms with E-state index in [1.807, 2.05) is 6.07 Å². The quantitative estimate of drug-likeness (QED) is 0.283. The van der Waals surface area contributed by atoms with Crippen LogP contribution in [-0.2, 0) is 0 Å². The summed E-state index contributed by atoms with van der Waals surface area (Å²) in [7, 11) is 0. The van der Waals surface area contributed by atoms with Crippen molar-refractivity contribution in [3.05, 3.63) is 23.7 Å². The van der Waals surface area contributed by atoms with Crippen molar-refractivity contribution in [2.24, 2.45) is 11.8 Å². The van der Waals surface area contributed by atoms with E-state index in [0.29, 0.717) is 22.2 Å². The first-order chi connectivity index (χ1) is 18.4. The van der Waals surface area contributed by atoms with Gasteiger partial charge in [0.25, 0.3) is 5.92 Å². The van der Waals surface area contributed by atoms with Gasteiger partial charge in [-0.1, -0.05) is 0 Å². The molecule has 3 heterocycles. The number of nitrogens with one attached hydrogen (secondary N) is 2. The van der Waals surface area contributed by atoms with Gasteiger partial charge in [-0.2, -0.15) is 4.98 Å². The molecule has 0 radical (unpaired) electrons. The van der Waals surface area contributed by atoms with Crippen molar-refractivity contribution < 1.29 is 27.8 Å². The highest BCUT2D eigenvalue weighted by Crippen LogP contribution is 2.46. The third kappa shape index (κ3) is 5.16. The van der Waals surface area contributed by atoms with Gasteiger partial charge in [-0.3, -0.25) is 4.98 Å². The summed E-state index contributed by atoms with van der Waals surface area (Å²) in [5.74, 6) is -6.62. The first-order valence-corrected chi connectivity index (χ1v) is 14.0. The molecule has 3 saturated carbocycles. The fraction of sp³-hybridized carbons (Fsp3) is 0.615. The third-order valence-electron chi connectivity index (χ3n) is 7.98. The van der Waals surface area contributed by atoms with Gasteiger partial charge >= 0.3 is 0 Å². The van der Waals surface area contributed by atoms with E-state index >= 15 is 0 Å². The molecule has 4 N–H and O–H groups in total. The molecule has 0 spiro atoms. The van der Waals surface area contributed by atoms with Crippen LogP contribution in [0.2, 0.25) is 0 Å². The maximum absolute atomic E-state index is 14.1. The van der Waals surface area contributed by atoms with E-state index in [4.69, 9.17) is 4.98 Å². The number of nitrogens with zero attached hydrogens (tertiary/aromatic N) is 4. The number of fused-ring (bicyclic) bond motifs is 1. The molecule has 8 nitrogen and oxygen atoms in total. The number of alkyl halides is 4. The number of aromatic nitrogens is 4. The second-order valence-electron chi connectivity index (χ2n) is 11.2. The molecule has 4 atom stereocenters. The lowest BCUT2D eigenvalue weighted by Crippen LogP contribution is -2.39. The van der Waals surface area contributed by atoms with Crippen LogP contribution in [0.4, 0.5) is 29.3 Å². The Kier molecular flexibility index (Phi) is 6.46. The Morgan fingerprint density at radius 3 is 2.51 bits per heavy atom. The molecule has 0 unspecified atom stereocenters. The Morgan fingerprint density at radius 1 is 1.13 bits per heavy atom. The van der Waals surface area contributed by atoms with Gasteiger partial charge in [0.1, 0.15) is 22.4 Å². The van der Waals surface area contributed by atoms with Crippen molar-refractivity contribution in [1.82, 2.24) is 19.9 Å². The van der Waals surface area contributed by atoms with E-state index in [1.165, 1.54) is 11.3 Å². The summed E-state index contributed by atoms with van der Waals surface area (Å²) < 4.78 is 55.8. The summed E-state index contributed by atoms with van der Waals surface area (Å²) in [6, 6.07) is 0.987. The molecule has 13 heteroatoms. The van der Waals surface area contributed by atoms with E-state index in [-0.39, 0.29) is 43.5 Å². The highest BCUT2D eigenvalue weighted by Gasteiger charge is 2.51. The molecular weight excluding hydrogens is 536 g/mol. The van der Waals surface area contributed by atoms with Crippen LogP contribution in [0.3, 0.4) is 0 Å². The largest absolute Gasteiger partial charge is 0.390 e. The molecule has 210 valence electrons. The minimum Gasteiger partial charge on any atom is -0.390 e. The van der Waals surface area contributed by atoms with Crippen molar-refractivity contribution in [2.45, 2.75) is 82.0 Å². The van der Waals surface area contributed by atoms with Gasteiger partial charge in [0.15, 0.2) is 0 Å². The van der Waals surface area contributed by atoms with E-state index in [2.05, 4.69) is 25.6 Å². The molecule has 3 aromatic rings. The molecule has 3 aromatic heterocycles. The summed E-state index contributed by atoms with van der Waals surface area (Å²) in [5.41, 5.74) is 2.84. The normalized spacial score (nSPS) is 27.1. The van der Waals surface area contributed by atoms with Crippen LogP contribution in [0.25, 0.3) is 20.8 Å². The number of halogens is 4. The zero-order valence-electron chi connectivity index (χ0n) is 21.5. The van der Waals surface area contributed by atoms with Crippen molar-refractivity contribution in [3.8, 4) is 10.6 Å². The molecule has 0 bridgehead atoms. The second kappa shape index (κ2) is 9.48. The predicted octanol–water partition coefficient (Wildman–Crippen LogP) is 4.97. The third-order valence-corrected chi connectivity index (χ3v) is 9.02. The number of rotatable bonds is 8. The number of hydrogen-bond acceptors (Lipinski definition) is 9. The summed E-state index contributed by atoms with van der Waals surface area (Å²) in [5, 5.41) is 27.7. The summed E-state index contributed by atoms with van der Waals surface area (Å²) >= 11 is 1.43. The Bertz CT molecular complexity index is 1390. The maximum Gasteiger partial charge on any atom is 0.250 e. The zero-order chi connectivity index (χ0) is 27.7. The molecule has 3 aliphatic rings. The van der Waals surface area contributed by atoms with Crippen LogP contribution in [-0.4, -0.2) is 66.8 Å². The molecule has 0 aliphatic heterocycles. The van der Waals surface area contributed by atoms with Gasteiger partial charge < -0.3 is 20.8 Å². The number of thiazole rings is 1. The number of aryl methyl sites for hydroxylation is 1. The molecule has 6 rings (SSSR count). The summed E-state index contributed by atoms with van der Waals surface area (Å²) in [6.45, 7) is 2.76.